The van der Waals surface area contributed by atoms with E-state index in [0.29, 0.717) is 0 Å². The van der Waals surface area contributed by atoms with Crippen molar-refractivity contribution >= 4 is 23.0 Å². The van der Waals surface area contributed by atoms with Crippen LogP contribution in [0.2, 0.25) is 0 Å². The summed E-state index contributed by atoms with van der Waals surface area (Å²) >= 11 is 5.52. The molecule has 0 amide bonds. The molecule has 0 saturated heterocycles. The van der Waals surface area contributed by atoms with Gasteiger partial charge in [0.25, 0.3) is 0 Å². The number of hydrogen-bond acceptors (Lipinski definition) is 1. The first-order chi connectivity index (χ1) is 12.6. The summed E-state index contributed by atoms with van der Waals surface area (Å²) < 4.78 is 0. The van der Waals surface area contributed by atoms with Gasteiger partial charge < -0.3 is 15.5 Å². The summed E-state index contributed by atoms with van der Waals surface area (Å²) in [6.45, 7) is 6.45. The fourth-order valence-electron chi connectivity index (χ4n) is 4.83. The van der Waals surface area contributed by atoms with E-state index in [4.69, 9.17) is 12.2 Å². The number of benzene rings is 1. The minimum Gasteiger partial charge on any atom is -0.357 e. The summed E-state index contributed by atoms with van der Waals surface area (Å²) in [6, 6.07) is 8.20. The maximum absolute atomic E-state index is 5.52. The highest BCUT2D eigenvalue weighted by Gasteiger charge is 2.32. The molecule has 0 bridgehead atoms. The Morgan fingerprint density at radius 1 is 0.962 bits per heavy atom. The molecule has 3 nitrogen and oxygen atoms in total. The van der Waals surface area contributed by atoms with Crippen molar-refractivity contribution in [3.8, 4) is 0 Å². The average Bonchev–Trinajstić information content (AvgIpc) is 3.17. The van der Waals surface area contributed by atoms with Crippen LogP contribution in [0, 0.1) is 13.8 Å². The topological polar surface area (TPSA) is 28.5 Å². The summed E-state index contributed by atoms with van der Waals surface area (Å²) in [5.41, 5.74) is 3.70. The molecule has 2 saturated carbocycles. The second kappa shape index (κ2) is 9.70. The third-order valence-electron chi connectivity index (χ3n) is 6.47. The molecular formula is C22H36N3S+. The molecular weight excluding hydrogens is 338 g/mol. The molecule has 3 rings (SSSR count). The zero-order valence-corrected chi connectivity index (χ0v) is 17.4. The highest BCUT2D eigenvalue weighted by Crippen LogP contribution is 2.20. The third kappa shape index (κ3) is 5.43. The predicted molar refractivity (Wildman–Crippen MR) is 115 cm³/mol. The van der Waals surface area contributed by atoms with Crippen molar-refractivity contribution < 1.29 is 4.90 Å². The molecule has 0 heterocycles. The first kappa shape index (κ1) is 19.6. The first-order valence-electron chi connectivity index (χ1n) is 10.6. The number of rotatable bonds is 6. The minimum absolute atomic E-state index is 0.752. The van der Waals surface area contributed by atoms with Crippen LogP contribution in [0.5, 0.6) is 0 Å². The summed E-state index contributed by atoms with van der Waals surface area (Å²) in [5.74, 6) is 0. The van der Waals surface area contributed by atoms with E-state index in [0.717, 1.165) is 29.4 Å². The molecule has 4 heteroatoms. The van der Waals surface area contributed by atoms with Gasteiger partial charge in [0.2, 0.25) is 0 Å². The Hall–Kier alpha value is -1.13. The molecule has 3 N–H and O–H groups in total. The Balaban J connectivity index is 1.48. The van der Waals surface area contributed by atoms with E-state index in [1.807, 2.05) is 4.90 Å². The van der Waals surface area contributed by atoms with Gasteiger partial charge in [0, 0.05) is 5.69 Å². The second-order valence-electron chi connectivity index (χ2n) is 8.32. The molecule has 0 aromatic heterocycles. The minimum atomic E-state index is 0.752. The van der Waals surface area contributed by atoms with Crippen molar-refractivity contribution in [3.63, 3.8) is 0 Å². The van der Waals surface area contributed by atoms with Gasteiger partial charge in [-0.25, -0.2) is 0 Å². The molecule has 0 aliphatic heterocycles. The molecule has 2 fully saturated rings. The SMILES string of the molecule is Cc1ccc(NC(=S)NCC[NH+](C2CCCCC2)C2CCCC2)cc1C. The Morgan fingerprint density at radius 2 is 1.58 bits per heavy atom. The van der Waals surface area contributed by atoms with Crippen molar-refractivity contribution in [2.75, 3.05) is 18.4 Å². The molecule has 1 atom stereocenters. The highest BCUT2D eigenvalue weighted by atomic mass is 32.1. The van der Waals surface area contributed by atoms with Crippen LogP contribution < -0.4 is 15.5 Å². The monoisotopic (exact) mass is 374 g/mol. The number of thiocarbonyl (C=S) groups is 1. The molecule has 2 aliphatic rings. The van der Waals surface area contributed by atoms with Gasteiger partial charge in [-0.1, -0.05) is 12.5 Å². The average molecular weight is 375 g/mol. The second-order valence-corrected chi connectivity index (χ2v) is 8.73. The van der Waals surface area contributed by atoms with Crippen molar-refractivity contribution in [1.82, 2.24) is 5.32 Å². The lowest BCUT2D eigenvalue weighted by Gasteiger charge is -2.35. The van der Waals surface area contributed by atoms with Crippen LogP contribution in [-0.4, -0.2) is 30.3 Å². The quantitative estimate of drug-likeness (QED) is 0.662. The lowest BCUT2D eigenvalue weighted by molar-refractivity contribution is -0.949. The van der Waals surface area contributed by atoms with Gasteiger partial charge in [-0.15, -0.1) is 0 Å². The molecule has 0 radical (unpaired) electrons. The number of quaternary nitrogens is 1. The summed E-state index contributed by atoms with van der Waals surface area (Å²) in [4.78, 5) is 1.86. The van der Waals surface area contributed by atoms with Gasteiger partial charge in [0.05, 0.1) is 25.2 Å². The number of hydrogen-bond donors (Lipinski definition) is 3. The smallest absolute Gasteiger partial charge is 0.170 e. The lowest BCUT2D eigenvalue weighted by Crippen LogP contribution is -3.19. The third-order valence-corrected chi connectivity index (χ3v) is 6.72. The van der Waals surface area contributed by atoms with Crippen LogP contribution in [0.15, 0.2) is 18.2 Å². The fourth-order valence-corrected chi connectivity index (χ4v) is 5.05. The van der Waals surface area contributed by atoms with Gasteiger partial charge in [0.1, 0.15) is 0 Å². The molecule has 26 heavy (non-hydrogen) atoms. The van der Waals surface area contributed by atoms with Gasteiger partial charge in [-0.2, -0.15) is 0 Å². The van der Waals surface area contributed by atoms with Crippen molar-refractivity contribution in [1.29, 1.82) is 0 Å². The van der Waals surface area contributed by atoms with E-state index >= 15 is 0 Å². The van der Waals surface area contributed by atoms with Crippen LogP contribution in [0.25, 0.3) is 0 Å². The summed E-state index contributed by atoms with van der Waals surface area (Å²) in [5, 5.41) is 7.55. The van der Waals surface area contributed by atoms with Crippen LogP contribution in [0.4, 0.5) is 5.69 Å². The Bertz CT molecular complexity index is 589. The van der Waals surface area contributed by atoms with Crippen LogP contribution in [0.3, 0.4) is 0 Å². The Morgan fingerprint density at radius 3 is 2.19 bits per heavy atom. The summed E-state index contributed by atoms with van der Waals surface area (Å²) in [7, 11) is 0. The number of aryl methyl sites for hydroxylation is 2. The predicted octanol–water partition coefficient (Wildman–Crippen LogP) is 3.75. The Kier molecular flexibility index (Phi) is 7.32. The lowest BCUT2D eigenvalue weighted by atomic mass is 9.93. The zero-order chi connectivity index (χ0) is 18.4. The van der Waals surface area contributed by atoms with Crippen LogP contribution >= 0.6 is 12.2 Å². The standard InChI is InChI=1S/C22H35N3S/c1-17-12-13-19(16-18(17)2)24-22(26)23-14-15-25(21-10-6-7-11-21)20-8-4-3-5-9-20/h12-13,16,20-21H,3-11,14-15H2,1-2H3,(H2,23,24,26)/p+1. The maximum Gasteiger partial charge on any atom is 0.170 e. The first-order valence-corrected chi connectivity index (χ1v) is 11.0. The maximum atomic E-state index is 5.52. The van der Waals surface area contributed by atoms with Crippen molar-refractivity contribution in [3.05, 3.63) is 29.3 Å². The van der Waals surface area contributed by atoms with Crippen molar-refractivity contribution in [2.45, 2.75) is 83.7 Å². The van der Waals surface area contributed by atoms with E-state index < -0.39 is 0 Å². The molecule has 1 aromatic carbocycles. The molecule has 144 valence electrons. The molecule has 2 aliphatic carbocycles. The van der Waals surface area contributed by atoms with E-state index in [9.17, 15) is 0 Å². The van der Waals surface area contributed by atoms with E-state index in [-0.39, 0.29) is 0 Å². The van der Waals surface area contributed by atoms with Gasteiger partial charge in [0.15, 0.2) is 5.11 Å². The normalized spacial score (nSPS) is 20.1. The largest absolute Gasteiger partial charge is 0.357 e. The fraction of sp³-hybridized carbons (Fsp3) is 0.682. The van der Waals surface area contributed by atoms with E-state index in [1.165, 1.54) is 75.5 Å². The zero-order valence-electron chi connectivity index (χ0n) is 16.6. The van der Waals surface area contributed by atoms with Gasteiger partial charge >= 0.3 is 0 Å². The van der Waals surface area contributed by atoms with Gasteiger partial charge in [-0.3, -0.25) is 0 Å². The van der Waals surface area contributed by atoms with E-state index in [2.05, 4.69) is 42.7 Å². The molecule has 0 spiro atoms. The highest BCUT2D eigenvalue weighted by molar-refractivity contribution is 7.80. The van der Waals surface area contributed by atoms with Crippen molar-refractivity contribution in [2.24, 2.45) is 0 Å². The molecule has 1 unspecified atom stereocenters. The number of anilines is 1. The van der Waals surface area contributed by atoms with Crippen LogP contribution in [-0.2, 0) is 0 Å². The van der Waals surface area contributed by atoms with Crippen LogP contribution in [0.1, 0.15) is 68.9 Å². The summed E-state index contributed by atoms with van der Waals surface area (Å²) in [6.07, 6.45) is 12.9. The number of nitrogens with one attached hydrogen (secondary N) is 3. The molecule has 1 aromatic rings. The Labute approximate surface area is 164 Å². The van der Waals surface area contributed by atoms with Gasteiger partial charge in [-0.05, 0) is 101 Å². The van der Waals surface area contributed by atoms with E-state index in [1.54, 1.807) is 0 Å².